The van der Waals surface area contributed by atoms with Gasteiger partial charge < -0.3 is 20.1 Å². The first-order chi connectivity index (χ1) is 17.7. The molecule has 9 heteroatoms. The van der Waals surface area contributed by atoms with Crippen LogP contribution in [0.15, 0.2) is 47.4 Å². The third kappa shape index (κ3) is 6.89. The summed E-state index contributed by atoms with van der Waals surface area (Å²) in [6.45, 7) is 3.19. The third-order valence-corrected chi connectivity index (χ3v) is 9.58. The van der Waals surface area contributed by atoms with Crippen molar-refractivity contribution in [2.75, 3.05) is 27.8 Å². The minimum Gasteiger partial charge on any atom is -0.497 e. The predicted octanol–water partition coefficient (Wildman–Crippen LogP) is 4.04. The SMILES string of the molecule is COc1ccc(CNC2CC(C)NC2COC2CCC(c3cccc(F)c3)CC2)c(S(=O)(=O)N(C)C)c1. The Morgan fingerprint density at radius 1 is 1.11 bits per heavy atom. The van der Waals surface area contributed by atoms with Gasteiger partial charge in [-0.05, 0) is 74.3 Å². The number of hydrogen-bond acceptors (Lipinski definition) is 6. The summed E-state index contributed by atoms with van der Waals surface area (Å²) in [4.78, 5) is 0.256. The van der Waals surface area contributed by atoms with Crippen molar-refractivity contribution in [3.05, 3.63) is 59.4 Å². The first kappa shape index (κ1) is 28.0. The number of halogens is 1. The van der Waals surface area contributed by atoms with Gasteiger partial charge >= 0.3 is 0 Å². The smallest absolute Gasteiger partial charge is 0.243 e. The molecule has 0 amide bonds. The van der Waals surface area contributed by atoms with Gasteiger partial charge in [0.2, 0.25) is 10.0 Å². The van der Waals surface area contributed by atoms with Gasteiger partial charge in [0, 0.05) is 44.8 Å². The molecule has 1 saturated heterocycles. The molecule has 2 N–H and O–H groups in total. The van der Waals surface area contributed by atoms with Crippen LogP contribution in [0.1, 0.15) is 56.1 Å². The third-order valence-electron chi connectivity index (χ3n) is 7.69. The fraction of sp³-hybridized carbons (Fsp3) is 0.571. The lowest BCUT2D eigenvalue weighted by atomic mass is 9.82. The summed E-state index contributed by atoms with van der Waals surface area (Å²) in [5, 5.41) is 7.21. The normalized spacial score (nSPS) is 26.5. The second-order valence-corrected chi connectivity index (χ2v) is 12.6. The number of nitrogens with zero attached hydrogens (tertiary/aromatic N) is 1. The first-order valence-corrected chi connectivity index (χ1v) is 14.6. The van der Waals surface area contributed by atoms with Crippen molar-refractivity contribution in [2.24, 2.45) is 0 Å². The van der Waals surface area contributed by atoms with E-state index in [-0.39, 0.29) is 28.9 Å². The molecule has 3 atom stereocenters. The molecule has 2 aliphatic rings. The van der Waals surface area contributed by atoms with Gasteiger partial charge in [-0.25, -0.2) is 17.1 Å². The van der Waals surface area contributed by atoms with Crippen molar-refractivity contribution in [2.45, 2.75) is 80.6 Å². The monoisotopic (exact) mass is 533 g/mol. The summed E-state index contributed by atoms with van der Waals surface area (Å²) >= 11 is 0. The molecule has 1 heterocycles. The highest BCUT2D eigenvalue weighted by atomic mass is 32.2. The molecule has 0 aromatic heterocycles. The van der Waals surface area contributed by atoms with Crippen molar-refractivity contribution in [1.29, 1.82) is 0 Å². The number of rotatable bonds is 10. The van der Waals surface area contributed by atoms with E-state index in [1.807, 2.05) is 12.1 Å². The maximum atomic E-state index is 13.6. The number of sulfonamides is 1. The van der Waals surface area contributed by atoms with Gasteiger partial charge in [0.15, 0.2) is 0 Å². The van der Waals surface area contributed by atoms with Gasteiger partial charge in [0.1, 0.15) is 11.6 Å². The molecule has 2 aromatic rings. The van der Waals surface area contributed by atoms with E-state index in [0.717, 1.165) is 37.7 Å². The topological polar surface area (TPSA) is 79.9 Å². The summed E-state index contributed by atoms with van der Waals surface area (Å²) in [6, 6.07) is 12.8. The quantitative estimate of drug-likeness (QED) is 0.480. The first-order valence-electron chi connectivity index (χ1n) is 13.1. The summed E-state index contributed by atoms with van der Waals surface area (Å²) < 4.78 is 52.3. The summed E-state index contributed by atoms with van der Waals surface area (Å²) in [7, 11) is 0.992. The number of benzene rings is 2. The summed E-state index contributed by atoms with van der Waals surface area (Å²) in [5.41, 5.74) is 1.80. The summed E-state index contributed by atoms with van der Waals surface area (Å²) in [6.07, 6.45) is 5.10. The van der Waals surface area contributed by atoms with E-state index in [2.05, 4.69) is 17.6 Å². The molecule has 0 radical (unpaired) electrons. The van der Waals surface area contributed by atoms with Crippen molar-refractivity contribution in [3.8, 4) is 5.75 Å². The minimum atomic E-state index is -3.61. The summed E-state index contributed by atoms with van der Waals surface area (Å²) in [5.74, 6) is 0.738. The molecular formula is C28H40FN3O4S. The molecule has 2 fully saturated rings. The van der Waals surface area contributed by atoms with Crippen LogP contribution >= 0.6 is 0 Å². The van der Waals surface area contributed by atoms with E-state index in [4.69, 9.17) is 9.47 Å². The van der Waals surface area contributed by atoms with E-state index >= 15 is 0 Å². The van der Waals surface area contributed by atoms with E-state index in [9.17, 15) is 12.8 Å². The Kier molecular flexibility index (Phi) is 9.24. The van der Waals surface area contributed by atoms with Crippen LogP contribution in [0.3, 0.4) is 0 Å². The second kappa shape index (κ2) is 12.2. The molecule has 1 aliphatic carbocycles. The van der Waals surface area contributed by atoms with Crippen molar-refractivity contribution < 1.29 is 22.3 Å². The Morgan fingerprint density at radius 2 is 1.86 bits per heavy atom. The highest BCUT2D eigenvalue weighted by molar-refractivity contribution is 7.89. The zero-order valence-corrected chi connectivity index (χ0v) is 23.1. The lowest BCUT2D eigenvalue weighted by molar-refractivity contribution is 0.0113. The Bertz CT molecular complexity index is 1150. The minimum absolute atomic E-state index is 0.142. The molecule has 7 nitrogen and oxygen atoms in total. The number of hydrogen-bond donors (Lipinski definition) is 2. The van der Waals surface area contributed by atoms with Crippen LogP contribution in [0.4, 0.5) is 4.39 Å². The molecule has 3 unspecified atom stereocenters. The zero-order chi connectivity index (χ0) is 26.6. The number of methoxy groups -OCH3 is 1. The highest BCUT2D eigenvalue weighted by Crippen LogP contribution is 2.34. The van der Waals surface area contributed by atoms with Crippen LogP contribution in [0.5, 0.6) is 5.75 Å². The van der Waals surface area contributed by atoms with Crippen LogP contribution in [0, 0.1) is 5.82 Å². The standard InChI is InChI=1S/C28H40FN3O4S/c1-19-14-26(30-17-22-10-13-25(35-4)16-28(22)37(33,34)32(2)3)27(31-19)18-36-24-11-8-20(9-12-24)21-6-5-7-23(29)15-21/h5-7,10,13,15-16,19-20,24,26-27,30-31H,8-9,11-12,14,17-18H2,1-4H3. The molecule has 204 valence electrons. The van der Waals surface area contributed by atoms with E-state index in [0.29, 0.717) is 36.4 Å². The molecule has 1 saturated carbocycles. The maximum Gasteiger partial charge on any atom is 0.243 e. The Hall–Kier alpha value is -2.04. The zero-order valence-electron chi connectivity index (χ0n) is 22.2. The number of ether oxygens (including phenoxy) is 2. The van der Waals surface area contributed by atoms with Gasteiger partial charge in [-0.2, -0.15) is 0 Å². The fourth-order valence-corrected chi connectivity index (χ4v) is 6.66. The van der Waals surface area contributed by atoms with E-state index in [1.54, 1.807) is 24.3 Å². The maximum absolute atomic E-state index is 13.6. The Labute approximate surface area is 220 Å². The average molecular weight is 534 g/mol. The Morgan fingerprint density at radius 3 is 2.54 bits per heavy atom. The molecular weight excluding hydrogens is 493 g/mol. The van der Waals surface area contributed by atoms with E-state index < -0.39 is 10.0 Å². The van der Waals surface area contributed by atoms with E-state index in [1.165, 1.54) is 31.6 Å². The highest BCUT2D eigenvalue weighted by Gasteiger charge is 2.33. The van der Waals surface area contributed by atoms with Crippen LogP contribution in [-0.2, 0) is 21.3 Å². The molecule has 0 bridgehead atoms. The van der Waals surface area contributed by atoms with Crippen molar-refractivity contribution >= 4 is 10.0 Å². The fourth-order valence-electron chi connectivity index (χ4n) is 5.53. The molecule has 4 rings (SSSR count). The van der Waals surface area contributed by atoms with Crippen LogP contribution in [0.2, 0.25) is 0 Å². The van der Waals surface area contributed by atoms with Gasteiger partial charge in [0.25, 0.3) is 0 Å². The molecule has 1 aliphatic heterocycles. The van der Waals surface area contributed by atoms with Gasteiger partial charge in [0.05, 0.1) is 24.7 Å². The number of nitrogens with one attached hydrogen (secondary N) is 2. The second-order valence-electron chi connectivity index (χ2n) is 10.5. The Balaban J connectivity index is 1.33. The van der Waals surface area contributed by atoms with Gasteiger partial charge in [-0.1, -0.05) is 18.2 Å². The molecule has 0 spiro atoms. The average Bonchev–Trinajstić information content (AvgIpc) is 3.25. The van der Waals surface area contributed by atoms with Crippen molar-refractivity contribution in [1.82, 2.24) is 14.9 Å². The van der Waals surface area contributed by atoms with Crippen LogP contribution < -0.4 is 15.4 Å². The van der Waals surface area contributed by atoms with Crippen LogP contribution in [-0.4, -0.2) is 64.8 Å². The largest absolute Gasteiger partial charge is 0.497 e. The van der Waals surface area contributed by atoms with Crippen molar-refractivity contribution in [3.63, 3.8) is 0 Å². The molecule has 37 heavy (non-hydrogen) atoms. The van der Waals surface area contributed by atoms with Gasteiger partial charge in [-0.3, -0.25) is 0 Å². The lowest BCUT2D eigenvalue weighted by Crippen LogP contribution is -2.44. The van der Waals surface area contributed by atoms with Gasteiger partial charge in [-0.15, -0.1) is 0 Å². The predicted molar refractivity (Wildman–Crippen MR) is 143 cm³/mol. The van der Waals surface area contributed by atoms with Crippen LogP contribution in [0.25, 0.3) is 0 Å². The molecule has 2 aromatic carbocycles. The lowest BCUT2D eigenvalue weighted by Gasteiger charge is -2.30.